The lowest BCUT2D eigenvalue weighted by molar-refractivity contribution is -0.0378. The molecule has 0 radical (unpaired) electrons. The number of piperidine rings is 1. The molecule has 0 unspecified atom stereocenters. The highest BCUT2D eigenvalue weighted by Crippen LogP contribution is 2.67. The standard InChI is InChI=1S/C30H29ClN2O2/c1-34-25-9-6-19-14-24-23-13-20-12-21(18-4-7-22(31)8-5-18)15-32-27(20)29-30(23,26(19)28(25)35-29)10-11-33(24)16-17-2-3-17/h4-9,12,15,17,23-24,29H,2-3,10-11,13-14,16H2,1H3/t23-,24+,29-,30-/m0/s1. The number of halogens is 1. The van der Waals surface area contributed by atoms with Crippen molar-refractivity contribution in [1.29, 1.82) is 0 Å². The molecule has 3 aliphatic carbocycles. The minimum Gasteiger partial charge on any atom is -0.493 e. The molecule has 2 aliphatic heterocycles. The third kappa shape index (κ3) is 2.81. The molecule has 4 nitrogen and oxygen atoms in total. The summed E-state index contributed by atoms with van der Waals surface area (Å²) < 4.78 is 12.7. The van der Waals surface area contributed by atoms with Crippen LogP contribution in [0.2, 0.25) is 5.02 Å². The Morgan fingerprint density at radius 2 is 1.94 bits per heavy atom. The highest BCUT2D eigenvalue weighted by atomic mass is 35.5. The molecule has 2 bridgehead atoms. The largest absolute Gasteiger partial charge is 0.493 e. The first-order valence-corrected chi connectivity index (χ1v) is 13.4. The van der Waals surface area contributed by atoms with Gasteiger partial charge in [-0.1, -0.05) is 29.8 Å². The third-order valence-corrected chi connectivity index (χ3v) is 9.74. The highest BCUT2D eigenvalue weighted by Gasteiger charge is 2.65. The maximum atomic E-state index is 6.89. The van der Waals surface area contributed by atoms with Crippen molar-refractivity contribution >= 4 is 11.6 Å². The Morgan fingerprint density at radius 3 is 2.74 bits per heavy atom. The summed E-state index contributed by atoms with van der Waals surface area (Å²) in [5, 5.41) is 0.759. The van der Waals surface area contributed by atoms with E-state index >= 15 is 0 Å². The van der Waals surface area contributed by atoms with Gasteiger partial charge in [0.1, 0.15) is 0 Å². The number of benzene rings is 2. The predicted octanol–water partition coefficient (Wildman–Crippen LogP) is 5.99. The summed E-state index contributed by atoms with van der Waals surface area (Å²) in [6, 6.07) is 15.4. The van der Waals surface area contributed by atoms with Crippen LogP contribution in [-0.4, -0.2) is 36.1 Å². The quantitative estimate of drug-likeness (QED) is 0.455. The van der Waals surface area contributed by atoms with Crippen LogP contribution in [0.15, 0.2) is 48.7 Å². The van der Waals surface area contributed by atoms with Gasteiger partial charge in [0.05, 0.1) is 12.8 Å². The molecule has 4 atom stereocenters. The maximum Gasteiger partial charge on any atom is 0.166 e. The lowest BCUT2D eigenvalue weighted by atomic mass is 9.51. The van der Waals surface area contributed by atoms with Gasteiger partial charge in [-0.15, -0.1) is 0 Å². The van der Waals surface area contributed by atoms with Crippen LogP contribution in [-0.2, 0) is 18.3 Å². The van der Waals surface area contributed by atoms with Gasteiger partial charge in [0.15, 0.2) is 17.6 Å². The smallest absolute Gasteiger partial charge is 0.166 e. The molecule has 0 N–H and O–H groups in total. The van der Waals surface area contributed by atoms with Crippen molar-refractivity contribution in [2.45, 2.75) is 49.7 Å². The summed E-state index contributed by atoms with van der Waals surface area (Å²) in [4.78, 5) is 7.93. The molecule has 8 rings (SSSR count). The van der Waals surface area contributed by atoms with Crippen LogP contribution in [0, 0.1) is 11.8 Å². The SMILES string of the molecule is COc1ccc2c3c1O[C@H]1c4ncc(-c5ccc(Cl)cc5)cc4C[C@H]4[C@@H](C2)N(CC2CC2)CC[C@]314. The number of aromatic nitrogens is 1. The van der Waals surface area contributed by atoms with E-state index in [0.717, 1.165) is 65.1 Å². The number of fused-ring (bicyclic) bond motifs is 2. The average Bonchev–Trinajstić information content (AvgIpc) is 3.63. The Balaban J connectivity index is 1.29. The molecule has 3 aromatic rings. The molecule has 3 heterocycles. The van der Waals surface area contributed by atoms with E-state index in [2.05, 4.69) is 35.2 Å². The number of pyridine rings is 1. The van der Waals surface area contributed by atoms with Gasteiger partial charge in [-0.05, 0) is 91.4 Å². The fraction of sp³-hybridized carbons (Fsp3) is 0.433. The van der Waals surface area contributed by atoms with Crippen LogP contribution in [0.5, 0.6) is 11.5 Å². The zero-order chi connectivity index (χ0) is 23.3. The molecule has 35 heavy (non-hydrogen) atoms. The van der Waals surface area contributed by atoms with Gasteiger partial charge in [-0.2, -0.15) is 0 Å². The number of hydrogen-bond donors (Lipinski definition) is 0. The second-order valence-corrected chi connectivity index (χ2v) is 11.7. The molecular weight excluding hydrogens is 456 g/mol. The van der Waals surface area contributed by atoms with Crippen molar-refractivity contribution in [3.8, 4) is 22.6 Å². The molecule has 2 fully saturated rings. The van der Waals surface area contributed by atoms with Crippen molar-refractivity contribution in [3.63, 3.8) is 0 Å². The fourth-order valence-electron chi connectivity index (χ4n) is 7.76. The van der Waals surface area contributed by atoms with Crippen molar-refractivity contribution in [1.82, 2.24) is 9.88 Å². The lowest BCUT2D eigenvalue weighted by Crippen LogP contribution is -2.63. The van der Waals surface area contributed by atoms with Crippen molar-refractivity contribution < 1.29 is 9.47 Å². The van der Waals surface area contributed by atoms with Gasteiger partial charge in [-0.25, -0.2) is 0 Å². The lowest BCUT2D eigenvalue weighted by Gasteiger charge is -2.58. The Kier molecular flexibility index (Phi) is 4.26. The predicted molar refractivity (Wildman–Crippen MR) is 136 cm³/mol. The second-order valence-electron chi connectivity index (χ2n) is 11.2. The summed E-state index contributed by atoms with van der Waals surface area (Å²) in [7, 11) is 1.76. The second kappa shape index (κ2) is 7.24. The third-order valence-electron chi connectivity index (χ3n) is 9.49. The molecule has 1 saturated heterocycles. The van der Waals surface area contributed by atoms with Crippen LogP contribution in [0.3, 0.4) is 0 Å². The van der Waals surface area contributed by atoms with Crippen LogP contribution >= 0.6 is 11.6 Å². The zero-order valence-electron chi connectivity index (χ0n) is 20.0. The first-order chi connectivity index (χ1) is 17.2. The molecule has 178 valence electrons. The van der Waals surface area contributed by atoms with Gasteiger partial charge in [0.2, 0.25) is 0 Å². The van der Waals surface area contributed by atoms with Crippen LogP contribution in [0.4, 0.5) is 0 Å². The van der Waals surface area contributed by atoms with E-state index in [0.29, 0.717) is 12.0 Å². The van der Waals surface area contributed by atoms with Crippen molar-refractivity contribution in [2.75, 3.05) is 20.2 Å². The topological polar surface area (TPSA) is 34.6 Å². The number of ether oxygens (including phenoxy) is 2. The minimum atomic E-state index is -0.0357. The first-order valence-electron chi connectivity index (χ1n) is 13.0. The first kappa shape index (κ1) is 20.6. The number of methoxy groups -OCH3 is 1. The normalized spacial score (nSPS) is 29.8. The molecule has 2 aromatic carbocycles. The Hall–Kier alpha value is -2.56. The fourth-order valence-corrected chi connectivity index (χ4v) is 7.89. The zero-order valence-corrected chi connectivity index (χ0v) is 20.7. The Labute approximate surface area is 211 Å². The van der Waals surface area contributed by atoms with E-state index in [9.17, 15) is 0 Å². The van der Waals surface area contributed by atoms with Crippen LogP contribution in [0.25, 0.3) is 11.1 Å². The van der Waals surface area contributed by atoms with E-state index in [4.69, 9.17) is 26.1 Å². The minimum absolute atomic E-state index is 0.00393. The van der Waals surface area contributed by atoms with Gasteiger partial charge in [-0.3, -0.25) is 9.88 Å². The number of hydrogen-bond acceptors (Lipinski definition) is 4. The molecule has 5 aliphatic rings. The summed E-state index contributed by atoms with van der Waals surface area (Å²) in [6.45, 7) is 2.42. The van der Waals surface area contributed by atoms with Gasteiger partial charge < -0.3 is 9.47 Å². The maximum absolute atomic E-state index is 6.89. The average molecular weight is 485 g/mol. The van der Waals surface area contributed by atoms with E-state index < -0.39 is 0 Å². The Morgan fingerprint density at radius 1 is 1.09 bits per heavy atom. The van der Waals surface area contributed by atoms with Gasteiger partial charge in [0.25, 0.3) is 0 Å². The van der Waals surface area contributed by atoms with E-state index in [1.165, 1.54) is 36.1 Å². The van der Waals surface area contributed by atoms with Crippen LogP contribution in [0.1, 0.15) is 47.8 Å². The molecule has 5 heteroatoms. The monoisotopic (exact) mass is 484 g/mol. The van der Waals surface area contributed by atoms with E-state index in [1.54, 1.807) is 7.11 Å². The number of rotatable bonds is 4. The van der Waals surface area contributed by atoms with Crippen LogP contribution < -0.4 is 9.47 Å². The van der Waals surface area contributed by atoms with Crippen molar-refractivity contribution in [2.24, 2.45) is 11.8 Å². The van der Waals surface area contributed by atoms with Gasteiger partial charge in [0, 0.05) is 40.3 Å². The van der Waals surface area contributed by atoms with E-state index in [-0.39, 0.29) is 11.5 Å². The Bertz CT molecular complexity index is 1350. The highest BCUT2D eigenvalue weighted by molar-refractivity contribution is 6.30. The van der Waals surface area contributed by atoms with Gasteiger partial charge >= 0.3 is 0 Å². The van der Waals surface area contributed by atoms with E-state index in [1.807, 2.05) is 18.3 Å². The number of nitrogens with zero attached hydrogens (tertiary/aromatic N) is 2. The summed E-state index contributed by atoms with van der Waals surface area (Å²) in [5.41, 5.74) is 7.68. The van der Waals surface area contributed by atoms with Crippen molar-refractivity contribution in [3.05, 3.63) is 76.1 Å². The summed E-state index contributed by atoms with van der Waals surface area (Å²) in [5.74, 6) is 3.28. The molecular formula is C30H29ClN2O2. The summed E-state index contributed by atoms with van der Waals surface area (Å²) >= 11 is 6.15. The molecule has 1 aromatic heterocycles. The molecule has 0 amide bonds. The number of likely N-dealkylation sites (tertiary alicyclic amines) is 1. The summed E-state index contributed by atoms with van der Waals surface area (Å²) in [6.07, 6.45) is 8.10. The molecule has 1 spiro atoms. The molecule has 1 saturated carbocycles.